The van der Waals surface area contributed by atoms with E-state index in [1.165, 1.54) is 18.9 Å². The fourth-order valence-corrected chi connectivity index (χ4v) is 2.45. The number of anilines is 1. The van der Waals surface area contributed by atoms with Crippen molar-refractivity contribution in [3.05, 3.63) is 34.3 Å². The maximum absolute atomic E-state index is 5.94. The van der Waals surface area contributed by atoms with Gasteiger partial charge in [-0.15, -0.1) is 0 Å². The zero-order valence-corrected chi connectivity index (χ0v) is 11.7. The Bertz CT molecular complexity index is 580. The van der Waals surface area contributed by atoms with Crippen LogP contribution >= 0.6 is 35.0 Å². The van der Waals surface area contributed by atoms with Crippen molar-refractivity contribution in [1.29, 1.82) is 0 Å². The number of nitrogens with zero attached hydrogens (tertiary/aromatic N) is 2. The molecule has 0 spiro atoms. The fraction of sp³-hybridized carbons (Fsp3) is 0.0909. The standard InChI is InChI=1S/C11H9Cl2N3OS/c1-17-9-5-10(16-11(14)15-9)18-6-2-3-7(12)8(13)4-6/h2-5H,1H3,(H2,14,15,16). The van der Waals surface area contributed by atoms with E-state index in [1.807, 2.05) is 6.07 Å². The Morgan fingerprint density at radius 3 is 2.61 bits per heavy atom. The second-order valence-electron chi connectivity index (χ2n) is 3.28. The first kappa shape index (κ1) is 13.3. The van der Waals surface area contributed by atoms with Crippen molar-refractivity contribution in [2.45, 2.75) is 9.92 Å². The normalized spacial score (nSPS) is 10.4. The number of ether oxygens (including phenoxy) is 1. The van der Waals surface area contributed by atoms with E-state index < -0.39 is 0 Å². The molecule has 18 heavy (non-hydrogen) atoms. The predicted molar refractivity (Wildman–Crippen MR) is 73.6 cm³/mol. The number of rotatable bonds is 3. The third-order valence-corrected chi connectivity index (χ3v) is 3.67. The Kier molecular flexibility index (Phi) is 4.16. The van der Waals surface area contributed by atoms with E-state index >= 15 is 0 Å². The van der Waals surface area contributed by atoms with Crippen LogP contribution in [0, 0.1) is 0 Å². The number of methoxy groups -OCH3 is 1. The van der Waals surface area contributed by atoms with Crippen LogP contribution < -0.4 is 10.5 Å². The number of aromatic nitrogens is 2. The SMILES string of the molecule is COc1cc(Sc2ccc(Cl)c(Cl)c2)nc(N)n1. The summed E-state index contributed by atoms with van der Waals surface area (Å²) in [4.78, 5) is 8.92. The summed E-state index contributed by atoms with van der Waals surface area (Å²) in [5, 5.41) is 1.69. The van der Waals surface area contributed by atoms with Gasteiger partial charge in [-0.05, 0) is 18.2 Å². The molecule has 0 aliphatic rings. The number of halogens is 2. The van der Waals surface area contributed by atoms with E-state index in [4.69, 9.17) is 33.7 Å². The quantitative estimate of drug-likeness (QED) is 0.879. The first-order valence-corrected chi connectivity index (χ1v) is 6.47. The maximum Gasteiger partial charge on any atom is 0.224 e. The molecular formula is C11H9Cl2N3OS. The molecule has 0 aliphatic carbocycles. The summed E-state index contributed by atoms with van der Waals surface area (Å²) in [6.45, 7) is 0. The molecule has 0 bridgehead atoms. The molecular weight excluding hydrogens is 293 g/mol. The summed E-state index contributed by atoms with van der Waals surface area (Å²) < 4.78 is 5.02. The highest BCUT2D eigenvalue weighted by molar-refractivity contribution is 7.99. The zero-order chi connectivity index (χ0) is 13.1. The molecule has 1 aromatic heterocycles. The Morgan fingerprint density at radius 2 is 1.94 bits per heavy atom. The van der Waals surface area contributed by atoms with Crippen LogP contribution in [0.25, 0.3) is 0 Å². The molecule has 0 fully saturated rings. The highest BCUT2D eigenvalue weighted by atomic mass is 35.5. The van der Waals surface area contributed by atoms with Crippen molar-refractivity contribution in [2.24, 2.45) is 0 Å². The van der Waals surface area contributed by atoms with Gasteiger partial charge in [0.1, 0.15) is 5.03 Å². The van der Waals surface area contributed by atoms with Crippen molar-refractivity contribution in [2.75, 3.05) is 12.8 Å². The summed E-state index contributed by atoms with van der Waals surface area (Å²) in [5.41, 5.74) is 5.58. The van der Waals surface area contributed by atoms with Crippen LogP contribution in [0.3, 0.4) is 0 Å². The van der Waals surface area contributed by atoms with Gasteiger partial charge in [-0.2, -0.15) is 4.98 Å². The summed E-state index contributed by atoms with van der Waals surface area (Å²) in [7, 11) is 1.52. The van der Waals surface area contributed by atoms with Crippen LogP contribution in [0.15, 0.2) is 34.2 Å². The van der Waals surface area contributed by atoms with E-state index in [-0.39, 0.29) is 5.95 Å². The van der Waals surface area contributed by atoms with Crippen LogP contribution in [0.2, 0.25) is 10.0 Å². The minimum absolute atomic E-state index is 0.164. The number of benzene rings is 1. The Morgan fingerprint density at radius 1 is 1.17 bits per heavy atom. The van der Waals surface area contributed by atoms with Crippen molar-refractivity contribution in [3.8, 4) is 5.88 Å². The van der Waals surface area contributed by atoms with E-state index in [9.17, 15) is 0 Å². The third-order valence-electron chi connectivity index (χ3n) is 2.02. The lowest BCUT2D eigenvalue weighted by Gasteiger charge is -2.05. The highest BCUT2D eigenvalue weighted by Gasteiger charge is 2.06. The van der Waals surface area contributed by atoms with Gasteiger partial charge in [-0.25, -0.2) is 4.98 Å². The topological polar surface area (TPSA) is 61.0 Å². The fourth-order valence-electron chi connectivity index (χ4n) is 1.24. The Balaban J connectivity index is 2.27. The van der Waals surface area contributed by atoms with Gasteiger partial charge < -0.3 is 10.5 Å². The molecule has 2 aromatic rings. The van der Waals surface area contributed by atoms with Gasteiger partial charge in [0.2, 0.25) is 11.8 Å². The molecule has 1 aromatic carbocycles. The lowest BCUT2D eigenvalue weighted by atomic mass is 10.4. The summed E-state index contributed by atoms with van der Waals surface area (Å²) in [6.07, 6.45) is 0. The molecule has 0 saturated carbocycles. The van der Waals surface area contributed by atoms with Gasteiger partial charge in [0.05, 0.1) is 17.2 Å². The van der Waals surface area contributed by atoms with Crippen molar-refractivity contribution in [3.63, 3.8) is 0 Å². The molecule has 0 aliphatic heterocycles. The average Bonchev–Trinajstić information content (AvgIpc) is 2.33. The molecule has 0 unspecified atom stereocenters. The number of nitrogens with two attached hydrogens (primary N) is 1. The van der Waals surface area contributed by atoms with Crippen LogP contribution in [0.5, 0.6) is 5.88 Å². The molecule has 0 amide bonds. The van der Waals surface area contributed by atoms with E-state index in [0.717, 1.165) is 4.90 Å². The third kappa shape index (κ3) is 3.19. The second-order valence-corrected chi connectivity index (χ2v) is 5.19. The summed E-state index contributed by atoms with van der Waals surface area (Å²) in [6, 6.07) is 7.04. The maximum atomic E-state index is 5.94. The minimum Gasteiger partial charge on any atom is -0.481 e. The van der Waals surface area contributed by atoms with Gasteiger partial charge >= 0.3 is 0 Å². The van der Waals surface area contributed by atoms with Crippen molar-refractivity contribution < 1.29 is 4.74 Å². The van der Waals surface area contributed by atoms with Gasteiger partial charge in [-0.3, -0.25) is 0 Å². The van der Waals surface area contributed by atoms with Crippen LogP contribution in [-0.4, -0.2) is 17.1 Å². The van der Waals surface area contributed by atoms with Gasteiger partial charge in [0.15, 0.2) is 0 Å². The first-order valence-electron chi connectivity index (χ1n) is 4.90. The highest BCUT2D eigenvalue weighted by Crippen LogP contribution is 2.32. The molecule has 0 atom stereocenters. The van der Waals surface area contributed by atoms with Crippen molar-refractivity contribution >= 4 is 40.9 Å². The number of nitrogen functional groups attached to an aromatic ring is 1. The summed E-state index contributed by atoms with van der Waals surface area (Å²) >= 11 is 13.2. The minimum atomic E-state index is 0.164. The smallest absolute Gasteiger partial charge is 0.224 e. The molecule has 2 rings (SSSR count). The largest absolute Gasteiger partial charge is 0.481 e. The van der Waals surface area contributed by atoms with Crippen molar-refractivity contribution in [1.82, 2.24) is 9.97 Å². The predicted octanol–water partition coefficient (Wildman–Crippen LogP) is 3.53. The van der Waals surface area contributed by atoms with Gasteiger partial charge in [0, 0.05) is 11.0 Å². The van der Waals surface area contributed by atoms with Gasteiger partial charge in [-0.1, -0.05) is 35.0 Å². The number of hydrogen-bond acceptors (Lipinski definition) is 5. The molecule has 4 nitrogen and oxygen atoms in total. The molecule has 7 heteroatoms. The molecule has 2 N–H and O–H groups in total. The molecule has 94 valence electrons. The van der Waals surface area contributed by atoms with Crippen LogP contribution in [-0.2, 0) is 0 Å². The Hall–Kier alpha value is -1.17. The lowest BCUT2D eigenvalue weighted by molar-refractivity contribution is 0.396. The Labute approximate surface area is 118 Å². The lowest BCUT2D eigenvalue weighted by Crippen LogP contribution is -1.98. The zero-order valence-electron chi connectivity index (χ0n) is 9.35. The van der Waals surface area contributed by atoms with Crippen LogP contribution in [0.1, 0.15) is 0 Å². The van der Waals surface area contributed by atoms with Gasteiger partial charge in [0.25, 0.3) is 0 Å². The monoisotopic (exact) mass is 301 g/mol. The van der Waals surface area contributed by atoms with Crippen LogP contribution in [0.4, 0.5) is 5.95 Å². The van der Waals surface area contributed by atoms with E-state index in [2.05, 4.69) is 9.97 Å². The second kappa shape index (κ2) is 5.65. The molecule has 0 saturated heterocycles. The number of hydrogen-bond donors (Lipinski definition) is 1. The molecule has 0 radical (unpaired) electrons. The average molecular weight is 302 g/mol. The summed E-state index contributed by atoms with van der Waals surface area (Å²) in [5.74, 6) is 0.585. The van der Waals surface area contributed by atoms with E-state index in [1.54, 1.807) is 18.2 Å². The molecule has 1 heterocycles. The first-order chi connectivity index (χ1) is 8.58. The van der Waals surface area contributed by atoms with E-state index in [0.29, 0.717) is 21.0 Å².